The van der Waals surface area contributed by atoms with Gasteiger partial charge in [0.05, 0.1) is 0 Å². The molecular weight excluding hydrogens is 501 g/mol. The van der Waals surface area contributed by atoms with Crippen LogP contribution in [0, 0.1) is 12.8 Å². The standard InChI is InChI=1S/C21H32ClN5O.HI/c1-4-23-21(26-11-9-25(10-12-26)17(3)28)24-14-18-7-8-27(15-18)20-13-19(22)6-5-16(20)2;/h5-6,13,18H,4,7-12,14-15H2,1-3H3,(H,23,24);1H. The van der Waals surface area contributed by atoms with Gasteiger partial charge in [0.15, 0.2) is 5.96 Å². The second kappa shape index (κ2) is 11.2. The summed E-state index contributed by atoms with van der Waals surface area (Å²) in [5, 5.41) is 4.21. The number of nitrogens with one attached hydrogen (secondary N) is 1. The monoisotopic (exact) mass is 533 g/mol. The molecule has 0 aliphatic carbocycles. The maximum absolute atomic E-state index is 11.5. The van der Waals surface area contributed by atoms with Crippen LogP contribution in [-0.2, 0) is 4.79 Å². The van der Waals surface area contributed by atoms with E-state index in [4.69, 9.17) is 16.6 Å². The molecule has 0 saturated carbocycles. The van der Waals surface area contributed by atoms with Gasteiger partial charge >= 0.3 is 0 Å². The van der Waals surface area contributed by atoms with Crippen LogP contribution in [0.3, 0.4) is 0 Å². The summed E-state index contributed by atoms with van der Waals surface area (Å²) in [5.41, 5.74) is 2.51. The van der Waals surface area contributed by atoms with Gasteiger partial charge in [0.25, 0.3) is 0 Å². The van der Waals surface area contributed by atoms with E-state index in [1.165, 1.54) is 11.3 Å². The largest absolute Gasteiger partial charge is 0.371 e. The summed E-state index contributed by atoms with van der Waals surface area (Å²) < 4.78 is 0. The van der Waals surface area contributed by atoms with E-state index in [1.54, 1.807) is 6.92 Å². The Balaban J connectivity index is 0.00000300. The van der Waals surface area contributed by atoms with E-state index in [9.17, 15) is 4.79 Å². The van der Waals surface area contributed by atoms with Gasteiger partial charge in [-0.05, 0) is 43.9 Å². The number of aliphatic imine (C=N–C) groups is 1. The van der Waals surface area contributed by atoms with Crippen molar-refractivity contribution in [3.8, 4) is 0 Å². The number of benzene rings is 1. The number of guanidine groups is 1. The Morgan fingerprint density at radius 3 is 2.55 bits per heavy atom. The van der Waals surface area contributed by atoms with E-state index in [1.807, 2.05) is 11.0 Å². The van der Waals surface area contributed by atoms with E-state index >= 15 is 0 Å². The fourth-order valence-corrected chi connectivity index (χ4v) is 4.16. The number of carbonyl (C=O) groups excluding carboxylic acids is 1. The summed E-state index contributed by atoms with van der Waals surface area (Å²) in [6.07, 6.45) is 1.15. The van der Waals surface area contributed by atoms with Gasteiger partial charge in [0, 0.05) is 70.0 Å². The molecule has 0 radical (unpaired) electrons. The molecular formula is C21H33ClIN5O. The third-order valence-corrected chi connectivity index (χ3v) is 5.89. The van der Waals surface area contributed by atoms with Crippen LogP contribution in [0.5, 0.6) is 0 Å². The number of hydrogen-bond acceptors (Lipinski definition) is 3. The van der Waals surface area contributed by atoms with Crippen molar-refractivity contribution in [2.45, 2.75) is 27.2 Å². The Labute approximate surface area is 196 Å². The molecule has 0 aromatic heterocycles. The molecule has 8 heteroatoms. The Morgan fingerprint density at radius 2 is 1.90 bits per heavy atom. The zero-order valence-corrected chi connectivity index (χ0v) is 20.7. The minimum atomic E-state index is 0. The summed E-state index contributed by atoms with van der Waals surface area (Å²) in [7, 11) is 0. The summed E-state index contributed by atoms with van der Waals surface area (Å²) >= 11 is 6.20. The minimum absolute atomic E-state index is 0. The number of anilines is 1. The fourth-order valence-electron chi connectivity index (χ4n) is 4.00. The van der Waals surface area contributed by atoms with Gasteiger partial charge < -0.3 is 20.0 Å². The number of carbonyl (C=O) groups is 1. The second-order valence-corrected chi connectivity index (χ2v) is 8.16. The highest BCUT2D eigenvalue weighted by Crippen LogP contribution is 2.29. The molecule has 1 N–H and O–H groups in total. The number of amides is 1. The van der Waals surface area contributed by atoms with Crippen LogP contribution in [0.4, 0.5) is 5.69 Å². The molecule has 1 amide bonds. The van der Waals surface area contributed by atoms with Gasteiger partial charge in [0.1, 0.15) is 0 Å². The summed E-state index contributed by atoms with van der Waals surface area (Å²) in [5.74, 6) is 1.68. The molecule has 3 rings (SSSR count). The van der Waals surface area contributed by atoms with Crippen LogP contribution in [0.2, 0.25) is 5.02 Å². The number of piperazine rings is 1. The van der Waals surface area contributed by atoms with E-state index in [-0.39, 0.29) is 29.9 Å². The molecule has 2 fully saturated rings. The first-order valence-corrected chi connectivity index (χ1v) is 10.7. The fraction of sp³-hybridized carbons (Fsp3) is 0.619. The molecule has 162 valence electrons. The Bertz CT molecular complexity index is 721. The van der Waals surface area contributed by atoms with Crippen molar-refractivity contribution in [2.75, 3.05) is 57.3 Å². The van der Waals surface area contributed by atoms with Crippen LogP contribution in [0.25, 0.3) is 0 Å². The van der Waals surface area contributed by atoms with Crippen molar-refractivity contribution in [1.29, 1.82) is 0 Å². The van der Waals surface area contributed by atoms with E-state index < -0.39 is 0 Å². The van der Waals surface area contributed by atoms with Crippen molar-refractivity contribution >= 4 is 53.1 Å². The number of nitrogens with zero attached hydrogens (tertiary/aromatic N) is 4. The molecule has 6 nitrogen and oxygen atoms in total. The van der Waals surface area contributed by atoms with E-state index in [0.29, 0.717) is 5.92 Å². The van der Waals surface area contributed by atoms with Crippen molar-refractivity contribution < 1.29 is 4.79 Å². The molecule has 29 heavy (non-hydrogen) atoms. The minimum Gasteiger partial charge on any atom is -0.371 e. The molecule has 0 bridgehead atoms. The lowest BCUT2D eigenvalue weighted by Crippen LogP contribution is -2.53. The first-order chi connectivity index (χ1) is 13.5. The van der Waals surface area contributed by atoms with Gasteiger partial charge in [-0.1, -0.05) is 17.7 Å². The van der Waals surface area contributed by atoms with Gasteiger partial charge in [-0.3, -0.25) is 9.79 Å². The normalized spacial score (nSPS) is 19.9. The zero-order valence-electron chi connectivity index (χ0n) is 17.7. The maximum Gasteiger partial charge on any atom is 0.219 e. The van der Waals surface area contributed by atoms with Crippen LogP contribution in [0.15, 0.2) is 23.2 Å². The number of halogens is 2. The molecule has 0 spiro atoms. The van der Waals surface area contributed by atoms with Crippen molar-refractivity contribution in [2.24, 2.45) is 10.9 Å². The Morgan fingerprint density at radius 1 is 1.21 bits per heavy atom. The van der Waals surface area contributed by atoms with Gasteiger partial charge in [0.2, 0.25) is 5.91 Å². The summed E-state index contributed by atoms with van der Waals surface area (Å²) in [4.78, 5) is 23.1. The molecule has 1 unspecified atom stereocenters. The Kier molecular flexibility index (Phi) is 9.33. The summed E-state index contributed by atoms with van der Waals surface area (Å²) in [6, 6.07) is 6.11. The van der Waals surface area contributed by atoms with Gasteiger partial charge in [-0.15, -0.1) is 24.0 Å². The SMILES string of the molecule is CCNC(=NCC1CCN(c2cc(Cl)ccc2C)C1)N1CCN(C(C)=O)CC1.I. The van der Waals surface area contributed by atoms with Crippen molar-refractivity contribution in [1.82, 2.24) is 15.1 Å². The topological polar surface area (TPSA) is 51.2 Å². The maximum atomic E-state index is 11.5. The number of hydrogen-bond donors (Lipinski definition) is 1. The molecule has 1 aromatic rings. The predicted molar refractivity (Wildman–Crippen MR) is 132 cm³/mol. The Hall–Kier alpha value is -1.22. The zero-order chi connectivity index (χ0) is 20.1. The lowest BCUT2D eigenvalue weighted by molar-refractivity contribution is -0.130. The molecule has 2 aliphatic heterocycles. The first kappa shape index (κ1) is 24.1. The molecule has 1 atom stereocenters. The van der Waals surface area contributed by atoms with Crippen molar-refractivity contribution in [3.05, 3.63) is 28.8 Å². The lowest BCUT2D eigenvalue weighted by atomic mass is 10.1. The van der Waals surface area contributed by atoms with Crippen LogP contribution < -0.4 is 10.2 Å². The third kappa shape index (κ3) is 6.38. The second-order valence-electron chi connectivity index (χ2n) is 7.72. The molecule has 2 heterocycles. The van der Waals surface area contributed by atoms with E-state index in [0.717, 1.165) is 69.8 Å². The molecule has 2 aliphatic rings. The average molecular weight is 534 g/mol. The smallest absolute Gasteiger partial charge is 0.219 e. The quantitative estimate of drug-likeness (QED) is 0.367. The van der Waals surface area contributed by atoms with Crippen molar-refractivity contribution in [3.63, 3.8) is 0 Å². The van der Waals surface area contributed by atoms with Gasteiger partial charge in [-0.25, -0.2) is 0 Å². The highest BCUT2D eigenvalue weighted by molar-refractivity contribution is 14.0. The summed E-state index contributed by atoms with van der Waals surface area (Å²) in [6.45, 7) is 12.8. The van der Waals surface area contributed by atoms with Crippen LogP contribution in [0.1, 0.15) is 25.8 Å². The first-order valence-electron chi connectivity index (χ1n) is 10.3. The number of aryl methyl sites for hydroxylation is 1. The van der Waals surface area contributed by atoms with Crippen LogP contribution in [-0.4, -0.2) is 74.0 Å². The lowest BCUT2D eigenvalue weighted by Gasteiger charge is -2.36. The van der Waals surface area contributed by atoms with Gasteiger partial charge in [-0.2, -0.15) is 0 Å². The third-order valence-electron chi connectivity index (χ3n) is 5.66. The predicted octanol–water partition coefficient (Wildman–Crippen LogP) is 3.22. The van der Waals surface area contributed by atoms with E-state index in [2.05, 4.69) is 41.1 Å². The van der Waals surface area contributed by atoms with Crippen LogP contribution >= 0.6 is 35.6 Å². The highest BCUT2D eigenvalue weighted by Gasteiger charge is 2.25. The average Bonchev–Trinajstić information content (AvgIpc) is 3.16. The molecule has 1 aromatic carbocycles. The number of rotatable bonds is 4. The highest BCUT2D eigenvalue weighted by atomic mass is 127. The molecule has 2 saturated heterocycles.